The summed E-state index contributed by atoms with van der Waals surface area (Å²) in [5.74, 6) is 0.988. The predicted octanol–water partition coefficient (Wildman–Crippen LogP) is 9.97. The first-order chi connectivity index (χ1) is 34.4. The molecule has 14 heteroatoms. The molecule has 0 radical (unpaired) electrons. The number of nitrogens with one attached hydrogen (secondary N) is 6. The molecule has 14 nitrogen and oxygen atoms in total. The van der Waals surface area contributed by atoms with Gasteiger partial charge in [-0.05, 0) is 111 Å². The minimum atomic E-state index is -0.646. The SMILES string of the molecule is CC(C)COC(=O)NC(=N)c1ccc(CCC(=O)[C@H](C)NC(=O)[C@@H]2CC[C@@H](c3ccccc3)C2)cc1.CC(C)COC(=O)NC(=N)c1ccc(CCC(=O)[C@H](C)NC(=O)[C@@H]2CC[C@@H](c3ccccc3)C2)cc1. The van der Waals surface area contributed by atoms with E-state index in [1.54, 1.807) is 38.1 Å². The Morgan fingerprint density at radius 3 is 1.18 bits per heavy atom. The first-order valence-electron chi connectivity index (χ1n) is 25.4. The molecule has 4 aromatic rings. The summed E-state index contributed by atoms with van der Waals surface area (Å²) in [4.78, 5) is 74.3. The average Bonchev–Trinajstić information content (AvgIpc) is 4.09. The van der Waals surface area contributed by atoms with Gasteiger partial charge in [-0.3, -0.25) is 40.6 Å². The van der Waals surface area contributed by atoms with Crippen LogP contribution in [0.2, 0.25) is 0 Å². The largest absolute Gasteiger partial charge is 0.449 e. The minimum Gasteiger partial charge on any atom is -0.449 e. The van der Waals surface area contributed by atoms with Crippen LogP contribution in [0.25, 0.3) is 0 Å². The summed E-state index contributed by atoms with van der Waals surface area (Å²) >= 11 is 0. The van der Waals surface area contributed by atoms with E-state index in [0.717, 1.165) is 49.7 Å². The van der Waals surface area contributed by atoms with Crippen LogP contribution in [0.4, 0.5) is 9.59 Å². The number of carbonyl (C=O) groups excluding carboxylic acids is 6. The second-order valence-electron chi connectivity index (χ2n) is 20.0. The van der Waals surface area contributed by atoms with Crippen molar-refractivity contribution in [2.45, 2.75) is 130 Å². The Kier molecular flexibility index (Phi) is 21.9. The second kappa shape index (κ2) is 28.2. The minimum absolute atomic E-state index is 0.00709. The lowest BCUT2D eigenvalue weighted by Crippen LogP contribution is -2.41. The molecular weight excluding hydrogens is 909 g/mol. The molecule has 4 aromatic carbocycles. The van der Waals surface area contributed by atoms with Gasteiger partial charge in [-0.25, -0.2) is 9.59 Å². The molecule has 6 N–H and O–H groups in total. The van der Waals surface area contributed by atoms with Crippen molar-refractivity contribution in [3.63, 3.8) is 0 Å². The highest BCUT2D eigenvalue weighted by Gasteiger charge is 2.33. The van der Waals surface area contributed by atoms with Gasteiger partial charge in [-0.1, -0.05) is 137 Å². The fourth-order valence-corrected chi connectivity index (χ4v) is 8.87. The van der Waals surface area contributed by atoms with Gasteiger partial charge in [0.15, 0.2) is 11.6 Å². The molecule has 4 amide bonds. The normalized spacial score (nSPS) is 17.9. The van der Waals surface area contributed by atoms with Gasteiger partial charge in [0, 0.05) is 35.8 Å². The number of hydrogen-bond donors (Lipinski definition) is 6. The first kappa shape index (κ1) is 56.0. The molecule has 72 heavy (non-hydrogen) atoms. The van der Waals surface area contributed by atoms with E-state index >= 15 is 0 Å². The molecule has 2 fully saturated rings. The number of amides is 4. The smallest absolute Gasteiger partial charge is 0.412 e. The molecule has 0 saturated heterocycles. The van der Waals surface area contributed by atoms with E-state index in [1.807, 2.05) is 88.4 Å². The van der Waals surface area contributed by atoms with E-state index in [4.69, 9.17) is 20.3 Å². The highest BCUT2D eigenvalue weighted by Crippen LogP contribution is 2.39. The number of benzene rings is 4. The molecule has 384 valence electrons. The van der Waals surface area contributed by atoms with Crippen LogP contribution in [-0.2, 0) is 41.5 Å². The number of carbonyl (C=O) groups is 6. The molecule has 2 aliphatic carbocycles. The van der Waals surface area contributed by atoms with Gasteiger partial charge >= 0.3 is 12.2 Å². The van der Waals surface area contributed by atoms with E-state index < -0.39 is 24.3 Å². The van der Waals surface area contributed by atoms with Gasteiger partial charge < -0.3 is 20.1 Å². The number of Topliss-reactive ketones (excluding diaryl/α,β-unsaturated/α-hetero) is 2. The van der Waals surface area contributed by atoms with Crippen LogP contribution in [0.1, 0.15) is 138 Å². The van der Waals surface area contributed by atoms with Crippen molar-refractivity contribution in [3.8, 4) is 0 Å². The third kappa shape index (κ3) is 18.3. The molecular formula is C58H74N6O8. The fourth-order valence-electron chi connectivity index (χ4n) is 8.87. The molecule has 6 rings (SSSR count). The number of amidine groups is 2. The third-order valence-electron chi connectivity index (χ3n) is 13.2. The average molecular weight is 983 g/mol. The summed E-state index contributed by atoms with van der Waals surface area (Å²) < 4.78 is 10.1. The number of ether oxygens (including phenoxy) is 2. The number of aryl methyl sites for hydroxylation is 2. The summed E-state index contributed by atoms with van der Waals surface area (Å²) in [6.07, 6.45) is 5.73. The Morgan fingerprint density at radius 2 is 0.847 bits per heavy atom. The summed E-state index contributed by atoms with van der Waals surface area (Å²) in [6, 6.07) is 33.8. The Labute approximate surface area is 425 Å². The topological polar surface area (TPSA) is 217 Å². The fraction of sp³-hybridized carbons (Fsp3) is 0.448. The summed E-state index contributed by atoms with van der Waals surface area (Å²) in [5.41, 5.74) is 5.56. The van der Waals surface area contributed by atoms with Gasteiger partial charge in [0.25, 0.3) is 0 Å². The predicted molar refractivity (Wildman–Crippen MR) is 280 cm³/mol. The third-order valence-corrected chi connectivity index (χ3v) is 13.2. The highest BCUT2D eigenvalue weighted by atomic mass is 16.6. The van der Waals surface area contributed by atoms with Gasteiger partial charge in [-0.15, -0.1) is 0 Å². The molecule has 6 atom stereocenters. The number of ketones is 2. The Balaban J connectivity index is 0.000000267. The standard InChI is InChI=1S/2C29H37N3O4/c2*1-19(2)18-36-29(35)32-27(30)23-12-9-21(10-13-23)11-16-26(33)20(3)31-28(34)25-15-14-24(17-25)22-7-5-4-6-8-22/h2*4-10,12-13,19-20,24-25H,11,14-18H2,1-3H3,(H,31,34)(H2,30,32,35)/t2*20-,24+,25+/m00/s1. The van der Waals surface area contributed by atoms with Crippen molar-refractivity contribution in [2.24, 2.45) is 23.7 Å². The van der Waals surface area contributed by atoms with Gasteiger partial charge in [0.1, 0.15) is 11.7 Å². The van der Waals surface area contributed by atoms with Crippen LogP contribution in [0.15, 0.2) is 109 Å². The second-order valence-corrected chi connectivity index (χ2v) is 20.0. The van der Waals surface area contributed by atoms with Crippen molar-refractivity contribution >= 4 is 47.2 Å². The zero-order valence-corrected chi connectivity index (χ0v) is 42.8. The number of hydrogen-bond acceptors (Lipinski definition) is 10. The summed E-state index contributed by atoms with van der Waals surface area (Å²) in [7, 11) is 0. The maximum Gasteiger partial charge on any atom is 0.412 e. The number of rotatable bonds is 20. The molecule has 0 aliphatic heterocycles. The maximum atomic E-state index is 12.7. The van der Waals surface area contributed by atoms with E-state index in [0.29, 0.717) is 61.9 Å². The highest BCUT2D eigenvalue weighted by molar-refractivity contribution is 6.05. The zero-order chi connectivity index (χ0) is 52.2. The van der Waals surface area contributed by atoms with Gasteiger partial charge in [-0.2, -0.15) is 0 Å². The van der Waals surface area contributed by atoms with Crippen molar-refractivity contribution in [2.75, 3.05) is 13.2 Å². The van der Waals surface area contributed by atoms with Crippen LogP contribution in [0.5, 0.6) is 0 Å². The molecule has 2 saturated carbocycles. The first-order valence-corrected chi connectivity index (χ1v) is 25.4. The number of alkyl carbamates (subject to hydrolysis) is 2. The van der Waals surface area contributed by atoms with Crippen molar-refractivity contribution in [3.05, 3.63) is 143 Å². The molecule has 0 unspecified atom stereocenters. The molecule has 0 heterocycles. The summed E-state index contributed by atoms with van der Waals surface area (Å²) in [6.45, 7) is 11.8. The van der Waals surface area contributed by atoms with Crippen molar-refractivity contribution in [1.29, 1.82) is 10.8 Å². The van der Waals surface area contributed by atoms with Crippen LogP contribution >= 0.6 is 0 Å². The lowest BCUT2D eigenvalue weighted by atomic mass is 9.96. The summed E-state index contributed by atoms with van der Waals surface area (Å²) in [5, 5.41) is 26.7. The zero-order valence-electron chi connectivity index (χ0n) is 42.8. The van der Waals surface area contributed by atoms with Gasteiger partial charge in [0.2, 0.25) is 11.8 Å². The van der Waals surface area contributed by atoms with Crippen LogP contribution in [-0.4, -0.2) is 72.5 Å². The van der Waals surface area contributed by atoms with E-state index in [1.165, 1.54) is 11.1 Å². The maximum absolute atomic E-state index is 12.7. The van der Waals surface area contributed by atoms with Crippen LogP contribution < -0.4 is 21.3 Å². The monoisotopic (exact) mass is 983 g/mol. The molecule has 2 aliphatic rings. The molecule has 0 aromatic heterocycles. The quantitative estimate of drug-likeness (QED) is 0.0369. The van der Waals surface area contributed by atoms with E-state index in [-0.39, 0.29) is 58.7 Å². The molecule has 0 bridgehead atoms. The van der Waals surface area contributed by atoms with Crippen molar-refractivity contribution < 1.29 is 38.2 Å². The van der Waals surface area contributed by atoms with Gasteiger partial charge in [0.05, 0.1) is 25.3 Å². The van der Waals surface area contributed by atoms with E-state index in [9.17, 15) is 28.8 Å². The lowest BCUT2D eigenvalue weighted by Gasteiger charge is -2.17. The van der Waals surface area contributed by atoms with Crippen molar-refractivity contribution in [1.82, 2.24) is 21.3 Å². The van der Waals surface area contributed by atoms with Crippen LogP contribution in [0, 0.1) is 34.5 Å². The molecule has 0 spiro atoms. The van der Waals surface area contributed by atoms with Crippen LogP contribution in [0.3, 0.4) is 0 Å². The Bertz CT molecular complexity index is 2270. The van der Waals surface area contributed by atoms with E-state index in [2.05, 4.69) is 45.5 Å². The Morgan fingerprint density at radius 1 is 0.500 bits per heavy atom. The lowest BCUT2D eigenvalue weighted by molar-refractivity contribution is -0.129. The Hall–Kier alpha value is -6.96.